The van der Waals surface area contributed by atoms with E-state index >= 15 is 0 Å². The molecular weight excluding hydrogens is 374 g/mol. The number of amides is 2. The number of thiazole rings is 1. The largest absolute Gasteiger partial charge is 0.486 e. The highest BCUT2D eigenvalue weighted by molar-refractivity contribution is 7.09. The maximum absolute atomic E-state index is 12.5. The summed E-state index contributed by atoms with van der Waals surface area (Å²) in [5.74, 6) is 0.884. The Balaban J connectivity index is 1.97. The van der Waals surface area contributed by atoms with Gasteiger partial charge in [0.25, 0.3) is 0 Å². The highest BCUT2D eigenvalue weighted by Gasteiger charge is 2.16. The summed E-state index contributed by atoms with van der Waals surface area (Å²) >= 11 is 1.56. The minimum Gasteiger partial charge on any atom is -0.486 e. The van der Waals surface area contributed by atoms with E-state index in [1.807, 2.05) is 31.4 Å². The van der Waals surface area contributed by atoms with Crippen molar-refractivity contribution in [2.45, 2.75) is 53.3 Å². The first-order valence-corrected chi connectivity index (χ1v) is 10.4. The summed E-state index contributed by atoms with van der Waals surface area (Å²) in [5.41, 5.74) is 3.23. The molecule has 0 saturated carbocycles. The zero-order valence-corrected chi connectivity index (χ0v) is 18.3. The quantitative estimate of drug-likeness (QED) is 0.599. The van der Waals surface area contributed by atoms with Crippen molar-refractivity contribution in [3.63, 3.8) is 0 Å². The summed E-state index contributed by atoms with van der Waals surface area (Å²) < 4.78 is 11.1. The first kappa shape index (κ1) is 22.2. The van der Waals surface area contributed by atoms with Crippen molar-refractivity contribution in [1.29, 1.82) is 0 Å². The number of nitrogens with zero attached hydrogens (tertiary/aromatic N) is 2. The van der Waals surface area contributed by atoms with Crippen molar-refractivity contribution < 1.29 is 14.3 Å². The van der Waals surface area contributed by atoms with Crippen LogP contribution in [0.4, 0.5) is 4.79 Å². The summed E-state index contributed by atoms with van der Waals surface area (Å²) in [6.45, 7) is 10.2. The Kier molecular flexibility index (Phi) is 8.73. The van der Waals surface area contributed by atoms with Crippen molar-refractivity contribution in [3.05, 3.63) is 45.4 Å². The van der Waals surface area contributed by atoms with Gasteiger partial charge >= 0.3 is 6.03 Å². The lowest BCUT2D eigenvalue weighted by atomic mass is 10.1. The van der Waals surface area contributed by atoms with Gasteiger partial charge in [0.15, 0.2) is 0 Å². The van der Waals surface area contributed by atoms with Crippen molar-refractivity contribution in [3.8, 4) is 5.75 Å². The molecule has 0 radical (unpaired) electrons. The lowest BCUT2D eigenvalue weighted by Crippen LogP contribution is -2.43. The Morgan fingerprint density at radius 3 is 2.82 bits per heavy atom. The Bertz CT molecular complexity index is 761. The fourth-order valence-corrected chi connectivity index (χ4v) is 3.39. The van der Waals surface area contributed by atoms with Gasteiger partial charge in [-0.3, -0.25) is 0 Å². The van der Waals surface area contributed by atoms with E-state index in [0.29, 0.717) is 26.3 Å². The van der Waals surface area contributed by atoms with Gasteiger partial charge in [-0.25, -0.2) is 9.78 Å². The van der Waals surface area contributed by atoms with E-state index in [-0.39, 0.29) is 12.1 Å². The molecule has 0 bridgehead atoms. The zero-order valence-electron chi connectivity index (χ0n) is 17.4. The average molecular weight is 406 g/mol. The number of nitrogens with one attached hydrogen (secondary N) is 1. The molecule has 0 unspecified atom stereocenters. The topological polar surface area (TPSA) is 63.7 Å². The molecule has 2 rings (SSSR count). The smallest absolute Gasteiger partial charge is 0.317 e. The predicted octanol–water partition coefficient (Wildman–Crippen LogP) is 4.30. The van der Waals surface area contributed by atoms with Gasteiger partial charge < -0.3 is 19.7 Å². The second kappa shape index (κ2) is 11.0. The Morgan fingerprint density at radius 2 is 2.11 bits per heavy atom. The molecule has 2 aromatic rings. The van der Waals surface area contributed by atoms with Gasteiger partial charge in [-0.15, -0.1) is 11.3 Å². The lowest BCUT2D eigenvalue weighted by molar-refractivity contribution is 0.164. The first-order chi connectivity index (χ1) is 13.4. The minimum atomic E-state index is -0.0766. The number of aryl methyl sites for hydroxylation is 1. The van der Waals surface area contributed by atoms with Crippen molar-refractivity contribution in [1.82, 2.24) is 15.2 Å². The van der Waals surface area contributed by atoms with Crippen molar-refractivity contribution >= 4 is 17.4 Å². The Labute approximate surface area is 171 Å². The second-order valence-electron chi connectivity index (χ2n) is 7.09. The number of benzene rings is 1. The molecule has 1 aromatic carbocycles. The van der Waals surface area contributed by atoms with Crippen molar-refractivity contribution in [2.75, 3.05) is 20.3 Å². The van der Waals surface area contributed by atoms with Crippen LogP contribution in [-0.2, 0) is 17.9 Å². The van der Waals surface area contributed by atoms with Crippen LogP contribution in [0.3, 0.4) is 0 Å². The molecular formula is C21H31N3O3S. The number of methoxy groups -OCH3 is 1. The summed E-state index contributed by atoms with van der Waals surface area (Å²) in [7, 11) is 1.67. The molecule has 0 fully saturated rings. The van der Waals surface area contributed by atoms with Crippen LogP contribution >= 0.6 is 11.3 Å². The van der Waals surface area contributed by atoms with Gasteiger partial charge in [0.2, 0.25) is 0 Å². The molecule has 0 aliphatic carbocycles. The van der Waals surface area contributed by atoms with Crippen LogP contribution in [0, 0.1) is 13.8 Å². The van der Waals surface area contributed by atoms with E-state index in [1.54, 1.807) is 23.3 Å². The van der Waals surface area contributed by atoms with E-state index in [0.717, 1.165) is 28.4 Å². The highest BCUT2D eigenvalue weighted by atomic mass is 32.1. The molecule has 0 atom stereocenters. The third kappa shape index (κ3) is 6.80. The molecule has 28 heavy (non-hydrogen) atoms. The molecule has 6 nitrogen and oxygen atoms in total. The van der Waals surface area contributed by atoms with Crippen LogP contribution in [0.5, 0.6) is 5.75 Å². The number of carbonyl (C=O) groups excluding carboxylic acids is 1. The molecule has 2 amide bonds. The fraction of sp³-hybridized carbons (Fsp3) is 0.524. The van der Waals surface area contributed by atoms with E-state index in [4.69, 9.17) is 9.47 Å². The van der Waals surface area contributed by atoms with Crippen LogP contribution in [0.25, 0.3) is 0 Å². The molecule has 1 heterocycles. The normalized spacial score (nSPS) is 10.9. The van der Waals surface area contributed by atoms with Crippen molar-refractivity contribution in [2.24, 2.45) is 0 Å². The molecule has 0 aliphatic heterocycles. The summed E-state index contributed by atoms with van der Waals surface area (Å²) in [6.07, 6.45) is 0.786. The molecule has 1 N–H and O–H groups in total. The number of rotatable bonds is 10. The Morgan fingerprint density at radius 1 is 1.32 bits per heavy atom. The number of urea groups is 1. The van der Waals surface area contributed by atoms with E-state index in [9.17, 15) is 4.79 Å². The molecule has 7 heteroatoms. The average Bonchev–Trinajstić information content (AvgIpc) is 3.09. The van der Waals surface area contributed by atoms with E-state index in [1.165, 1.54) is 5.56 Å². The lowest BCUT2D eigenvalue weighted by Gasteiger charge is -2.23. The van der Waals surface area contributed by atoms with Gasteiger partial charge in [-0.1, -0.05) is 12.1 Å². The SMILES string of the molecule is COCCCN(Cc1csc(COc2cccc(C)c2C)n1)C(=O)NC(C)C. The molecule has 0 saturated heterocycles. The third-order valence-electron chi connectivity index (χ3n) is 4.33. The van der Waals surface area contributed by atoms with Crippen LogP contribution in [0.2, 0.25) is 0 Å². The summed E-state index contributed by atoms with van der Waals surface area (Å²) in [6, 6.07) is 6.06. The van der Waals surface area contributed by atoms with E-state index < -0.39 is 0 Å². The summed E-state index contributed by atoms with van der Waals surface area (Å²) in [4.78, 5) is 18.9. The second-order valence-corrected chi connectivity index (χ2v) is 8.03. The fourth-order valence-electron chi connectivity index (χ4n) is 2.69. The molecule has 0 aliphatic rings. The van der Waals surface area contributed by atoms with Crippen LogP contribution in [-0.4, -0.2) is 42.2 Å². The molecule has 1 aromatic heterocycles. The molecule has 0 spiro atoms. The van der Waals surface area contributed by atoms with Crippen LogP contribution in [0.15, 0.2) is 23.6 Å². The first-order valence-electron chi connectivity index (χ1n) is 9.57. The van der Waals surface area contributed by atoms with Gasteiger partial charge in [0.05, 0.1) is 12.2 Å². The zero-order chi connectivity index (χ0) is 20.5. The minimum absolute atomic E-state index is 0.0766. The number of carbonyl (C=O) groups is 1. The number of ether oxygens (including phenoxy) is 2. The van der Waals surface area contributed by atoms with Gasteiger partial charge in [-0.2, -0.15) is 0 Å². The van der Waals surface area contributed by atoms with Crippen LogP contribution in [0.1, 0.15) is 42.1 Å². The van der Waals surface area contributed by atoms with Gasteiger partial charge in [0, 0.05) is 31.7 Å². The monoisotopic (exact) mass is 405 g/mol. The predicted molar refractivity (Wildman–Crippen MR) is 113 cm³/mol. The third-order valence-corrected chi connectivity index (χ3v) is 5.21. The molecule has 154 valence electrons. The number of aromatic nitrogens is 1. The standard InChI is InChI=1S/C21H31N3O3S/c1-15(2)22-21(25)24(10-7-11-26-5)12-18-14-28-20(23-18)13-27-19-9-6-8-16(3)17(19)4/h6,8-9,14-15H,7,10-13H2,1-5H3,(H,22,25). The summed E-state index contributed by atoms with van der Waals surface area (Å²) in [5, 5.41) is 5.85. The van der Waals surface area contributed by atoms with Crippen LogP contribution < -0.4 is 10.1 Å². The van der Waals surface area contributed by atoms with Gasteiger partial charge in [0.1, 0.15) is 17.4 Å². The maximum atomic E-state index is 12.5. The number of hydrogen-bond acceptors (Lipinski definition) is 5. The number of hydrogen-bond donors (Lipinski definition) is 1. The Hall–Kier alpha value is -2.12. The van der Waals surface area contributed by atoms with E-state index in [2.05, 4.69) is 30.2 Å². The van der Waals surface area contributed by atoms with Gasteiger partial charge in [-0.05, 0) is 51.3 Å². The highest BCUT2D eigenvalue weighted by Crippen LogP contribution is 2.22. The maximum Gasteiger partial charge on any atom is 0.317 e.